The fourth-order valence-corrected chi connectivity index (χ4v) is 2.79. The molecule has 4 heteroatoms. The zero-order chi connectivity index (χ0) is 12.7. The molecule has 2 aromatic heterocycles. The standard InChI is InChI=1S/C15H14N4/c1-2-7-13-12(6-1)18-15-17-10-8-14(19(13)15)11-5-3-4-9-16-11/h1-7,9,14H,8,10H2,(H,17,18). The Hall–Kier alpha value is -2.36. The van der Waals surface area contributed by atoms with Gasteiger partial charge in [0.2, 0.25) is 5.95 Å². The van der Waals surface area contributed by atoms with Gasteiger partial charge in [0.1, 0.15) is 0 Å². The zero-order valence-electron chi connectivity index (χ0n) is 10.5. The number of para-hydroxylation sites is 2. The van der Waals surface area contributed by atoms with Crippen molar-refractivity contribution in [2.45, 2.75) is 12.5 Å². The Morgan fingerprint density at radius 1 is 1.11 bits per heavy atom. The fraction of sp³-hybridized carbons (Fsp3) is 0.200. The number of rotatable bonds is 1. The van der Waals surface area contributed by atoms with Crippen LogP contribution in [0, 0.1) is 0 Å². The van der Waals surface area contributed by atoms with E-state index >= 15 is 0 Å². The van der Waals surface area contributed by atoms with Crippen LogP contribution in [0.15, 0.2) is 48.7 Å². The first-order valence-corrected chi connectivity index (χ1v) is 6.55. The van der Waals surface area contributed by atoms with Gasteiger partial charge in [-0.3, -0.25) is 4.98 Å². The highest BCUT2D eigenvalue weighted by Crippen LogP contribution is 2.32. The second-order valence-electron chi connectivity index (χ2n) is 4.78. The van der Waals surface area contributed by atoms with Crippen LogP contribution in [-0.2, 0) is 0 Å². The van der Waals surface area contributed by atoms with Crippen LogP contribution in [0.2, 0.25) is 0 Å². The third-order valence-corrected chi connectivity index (χ3v) is 3.64. The molecule has 1 N–H and O–H groups in total. The molecule has 0 saturated carbocycles. The number of fused-ring (bicyclic) bond motifs is 3. The Morgan fingerprint density at radius 3 is 2.89 bits per heavy atom. The summed E-state index contributed by atoms with van der Waals surface area (Å²) in [6, 6.07) is 14.6. The smallest absolute Gasteiger partial charge is 0.204 e. The van der Waals surface area contributed by atoms with Gasteiger partial charge >= 0.3 is 0 Å². The number of anilines is 1. The molecule has 19 heavy (non-hydrogen) atoms. The van der Waals surface area contributed by atoms with E-state index in [4.69, 9.17) is 0 Å². The molecule has 1 atom stereocenters. The highest BCUT2D eigenvalue weighted by molar-refractivity contribution is 5.79. The molecule has 0 spiro atoms. The quantitative estimate of drug-likeness (QED) is 0.722. The summed E-state index contributed by atoms with van der Waals surface area (Å²) in [7, 11) is 0. The highest BCUT2D eigenvalue weighted by Gasteiger charge is 2.24. The SMILES string of the molecule is c1ccc(C2CCNc3nc4ccccc4n32)nc1. The summed E-state index contributed by atoms with van der Waals surface area (Å²) in [5, 5.41) is 3.38. The number of pyridine rings is 1. The molecule has 1 aliphatic heterocycles. The van der Waals surface area contributed by atoms with Crippen molar-refractivity contribution >= 4 is 17.0 Å². The lowest BCUT2D eigenvalue weighted by molar-refractivity contribution is 0.530. The summed E-state index contributed by atoms with van der Waals surface area (Å²) in [5.41, 5.74) is 3.31. The number of hydrogen-bond acceptors (Lipinski definition) is 3. The van der Waals surface area contributed by atoms with Gasteiger partial charge in [0.15, 0.2) is 0 Å². The maximum Gasteiger partial charge on any atom is 0.204 e. The van der Waals surface area contributed by atoms with Gasteiger partial charge in [0.05, 0.1) is 22.8 Å². The van der Waals surface area contributed by atoms with Gasteiger partial charge in [-0.15, -0.1) is 0 Å². The predicted molar refractivity (Wildman–Crippen MR) is 75.2 cm³/mol. The molecule has 3 heterocycles. The summed E-state index contributed by atoms with van der Waals surface area (Å²) in [5.74, 6) is 0.947. The van der Waals surface area contributed by atoms with Crippen molar-refractivity contribution in [1.29, 1.82) is 0 Å². The Morgan fingerprint density at radius 2 is 2.00 bits per heavy atom. The lowest BCUT2D eigenvalue weighted by Crippen LogP contribution is -2.24. The molecule has 0 saturated heterocycles. The van der Waals surface area contributed by atoms with Gasteiger partial charge in [-0.2, -0.15) is 0 Å². The Balaban J connectivity index is 1.95. The number of nitrogens with one attached hydrogen (secondary N) is 1. The van der Waals surface area contributed by atoms with E-state index in [1.165, 1.54) is 5.52 Å². The van der Waals surface area contributed by atoms with Crippen molar-refractivity contribution in [1.82, 2.24) is 14.5 Å². The molecule has 1 aliphatic rings. The van der Waals surface area contributed by atoms with E-state index in [2.05, 4.69) is 44.1 Å². The van der Waals surface area contributed by atoms with E-state index < -0.39 is 0 Å². The van der Waals surface area contributed by atoms with E-state index in [1.54, 1.807) is 0 Å². The number of hydrogen-bond donors (Lipinski definition) is 1. The van der Waals surface area contributed by atoms with E-state index in [0.717, 1.165) is 30.1 Å². The summed E-state index contributed by atoms with van der Waals surface area (Å²) in [4.78, 5) is 9.16. The van der Waals surface area contributed by atoms with Crippen LogP contribution in [0.1, 0.15) is 18.2 Å². The first-order valence-electron chi connectivity index (χ1n) is 6.55. The average Bonchev–Trinajstić information content (AvgIpc) is 2.86. The molecular weight excluding hydrogens is 236 g/mol. The Labute approximate surface area is 111 Å². The van der Waals surface area contributed by atoms with Crippen LogP contribution in [0.25, 0.3) is 11.0 Å². The van der Waals surface area contributed by atoms with Crippen LogP contribution in [0.5, 0.6) is 0 Å². The summed E-state index contributed by atoms with van der Waals surface area (Å²) in [6.07, 6.45) is 2.89. The monoisotopic (exact) mass is 250 g/mol. The van der Waals surface area contributed by atoms with Crippen LogP contribution < -0.4 is 5.32 Å². The van der Waals surface area contributed by atoms with Gasteiger partial charge < -0.3 is 9.88 Å². The second-order valence-corrected chi connectivity index (χ2v) is 4.78. The first-order chi connectivity index (χ1) is 9.43. The van der Waals surface area contributed by atoms with E-state index in [9.17, 15) is 0 Å². The number of aromatic nitrogens is 3. The Bertz CT molecular complexity index is 717. The molecule has 3 aromatic rings. The van der Waals surface area contributed by atoms with Crippen LogP contribution in [0.3, 0.4) is 0 Å². The largest absolute Gasteiger partial charge is 0.356 e. The number of nitrogens with zero attached hydrogens (tertiary/aromatic N) is 3. The fourth-order valence-electron chi connectivity index (χ4n) is 2.79. The third-order valence-electron chi connectivity index (χ3n) is 3.64. The average molecular weight is 250 g/mol. The number of benzene rings is 1. The highest BCUT2D eigenvalue weighted by atomic mass is 15.2. The molecule has 0 radical (unpaired) electrons. The van der Waals surface area contributed by atoms with E-state index in [0.29, 0.717) is 0 Å². The lowest BCUT2D eigenvalue weighted by atomic mass is 10.1. The molecule has 0 aliphatic carbocycles. The van der Waals surface area contributed by atoms with Gasteiger partial charge in [-0.1, -0.05) is 18.2 Å². The van der Waals surface area contributed by atoms with Gasteiger partial charge in [-0.05, 0) is 30.7 Å². The van der Waals surface area contributed by atoms with Crippen molar-refractivity contribution in [2.75, 3.05) is 11.9 Å². The topological polar surface area (TPSA) is 42.7 Å². The molecule has 0 amide bonds. The van der Waals surface area contributed by atoms with Crippen LogP contribution in [0.4, 0.5) is 5.95 Å². The van der Waals surface area contributed by atoms with E-state index in [-0.39, 0.29) is 6.04 Å². The minimum atomic E-state index is 0.268. The normalized spacial score (nSPS) is 18.0. The Kier molecular flexibility index (Phi) is 2.27. The minimum Gasteiger partial charge on any atom is -0.356 e. The van der Waals surface area contributed by atoms with Crippen molar-refractivity contribution in [3.63, 3.8) is 0 Å². The molecule has 4 nitrogen and oxygen atoms in total. The molecule has 1 unspecified atom stereocenters. The second kappa shape index (κ2) is 4.09. The van der Waals surface area contributed by atoms with Crippen LogP contribution in [-0.4, -0.2) is 21.1 Å². The molecule has 0 bridgehead atoms. The van der Waals surface area contributed by atoms with Crippen molar-refractivity contribution < 1.29 is 0 Å². The van der Waals surface area contributed by atoms with Crippen molar-refractivity contribution in [2.24, 2.45) is 0 Å². The molecule has 94 valence electrons. The third kappa shape index (κ3) is 1.60. The van der Waals surface area contributed by atoms with Crippen molar-refractivity contribution in [3.8, 4) is 0 Å². The maximum atomic E-state index is 4.65. The van der Waals surface area contributed by atoms with Crippen LogP contribution >= 0.6 is 0 Å². The summed E-state index contributed by atoms with van der Waals surface area (Å²) in [6.45, 7) is 0.935. The number of imidazole rings is 1. The minimum absolute atomic E-state index is 0.268. The first kappa shape index (κ1) is 10.6. The summed E-state index contributed by atoms with van der Waals surface area (Å²) >= 11 is 0. The van der Waals surface area contributed by atoms with Gasteiger partial charge in [-0.25, -0.2) is 4.98 Å². The predicted octanol–water partition coefficient (Wildman–Crippen LogP) is 2.84. The maximum absolute atomic E-state index is 4.65. The molecule has 4 rings (SSSR count). The van der Waals surface area contributed by atoms with Crippen molar-refractivity contribution in [3.05, 3.63) is 54.4 Å². The van der Waals surface area contributed by atoms with Gasteiger partial charge in [0, 0.05) is 12.7 Å². The summed E-state index contributed by atoms with van der Waals surface area (Å²) < 4.78 is 2.27. The zero-order valence-corrected chi connectivity index (χ0v) is 10.5. The molecular formula is C15H14N4. The molecule has 1 aromatic carbocycles. The van der Waals surface area contributed by atoms with E-state index in [1.807, 2.05) is 24.4 Å². The van der Waals surface area contributed by atoms with Gasteiger partial charge in [0.25, 0.3) is 0 Å². The molecule has 0 fully saturated rings. The lowest BCUT2D eigenvalue weighted by Gasteiger charge is -2.26.